The Balaban J connectivity index is 1.54. The molecule has 2 heterocycles. The highest BCUT2D eigenvalue weighted by atomic mass is 32.2. The number of nitrogens with zero attached hydrogens (tertiary/aromatic N) is 1. The highest BCUT2D eigenvalue weighted by Gasteiger charge is 2.60. The Hall–Kier alpha value is -3.34. The molecule has 0 bridgehead atoms. The molecule has 1 unspecified atom stereocenters. The fraction of sp³-hybridized carbons (Fsp3) is 0.0741. The zero-order chi connectivity index (χ0) is 20.7. The van der Waals surface area contributed by atoms with E-state index in [9.17, 15) is 0 Å². The summed E-state index contributed by atoms with van der Waals surface area (Å²) in [4.78, 5) is 6.12. The van der Waals surface area contributed by atoms with Gasteiger partial charge in [-0.15, -0.1) is 0 Å². The van der Waals surface area contributed by atoms with Gasteiger partial charge in [-0.05, 0) is 22.9 Å². The van der Waals surface area contributed by atoms with Crippen LogP contribution < -0.4 is 0 Å². The fourth-order valence-electron chi connectivity index (χ4n) is 4.41. The Morgan fingerprint density at radius 3 is 1.71 bits per heavy atom. The predicted octanol–water partition coefficient (Wildman–Crippen LogP) is 6.24. The third-order valence-electron chi connectivity index (χ3n) is 5.78. The van der Waals surface area contributed by atoms with Gasteiger partial charge in [-0.25, -0.2) is 0 Å². The van der Waals surface area contributed by atoms with Crippen LogP contribution in [0.2, 0.25) is 0 Å². The van der Waals surface area contributed by atoms with Crippen molar-refractivity contribution in [3.05, 3.63) is 143 Å². The molecule has 1 atom stereocenters. The second kappa shape index (κ2) is 7.12. The zero-order valence-corrected chi connectivity index (χ0v) is 17.5. The monoisotopic (exact) mass is 421 g/mol. The van der Waals surface area contributed by atoms with Gasteiger partial charge in [-0.3, -0.25) is 0 Å². The molecule has 2 aliphatic rings. The third kappa shape index (κ3) is 2.76. The summed E-state index contributed by atoms with van der Waals surface area (Å²) in [5.74, 6) is 0. The van der Waals surface area contributed by atoms with Crippen LogP contribution >= 0.6 is 11.8 Å². The molecule has 31 heavy (non-hydrogen) atoms. The molecule has 2 aliphatic heterocycles. The maximum Gasteiger partial charge on any atom is 0.319 e. The average Bonchev–Trinajstić information content (AvgIpc) is 3.42. The SMILES string of the molecule is c1ccc(C2=NOC3(OC(c4ccccc4)(c4ccccc4)c4ccccc43)S2)cc1. The Morgan fingerprint density at radius 2 is 1.10 bits per heavy atom. The van der Waals surface area contributed by atoms with E-state index in [-0.39, 0.29) is 0 Å². The number of rotatable bonds is 3. The molecule has 0 radical (unpaired) electrons. The number of hydrogen-bond donors (Lipinski definition) is 0. The molecular weight excluding hydrogens is 402 g/mol. The summed E-state index contributed by atoms with van der Waals surface area (Å²) in [5.41, 5.74) is 4.40. The smallest absolute Gasteiger partial charge is 0.319 e. The van der Waals surface area contributed by atoms with Crippen LogP contribution in [0.3, 0.4) is 0 Å². The van der Waals surface area contributed by atoms with Crippen LogP contribution in [0.5, 0.6) is 0 Å². The van der Waals surface area contributed by atoms with E-state index in [2.05, 4.69) is 47.6 Å². The molecule has 4 heteroatoms. The summed E-state index contributed by atoms with van der Waals surface area (Å²) >= 11 is 1.51. The lowest BCUT2D eigenvalue weighted by molar-refractivity contribution is -0.199. The first-order chi connectivity index (χ1) is 15.3. The molecular formula is C27H19NO2S. The minimum atomic E-state index is -1.05. The van der Waals surface area contributed by atoms with Crippen molar-refractivity contribution in [2.24, 2.45) is 5.16 Å². The highest BCUT2D eigenvalue weighted by molar-refractivity contribution is 8.15. The van der Waals surface area contributed by atoms with Crippen LogP contribution in [0.4, 0.5) is 0 Å². The van der Waals surface area contributed by atoms with Crippen molar-refractivity contribution in [2.45, 2.75) is 10.7 Å². The van der Waals surface area contributed by atoms with Crippen LogP contribution in [-0.2, 0) is 20.3 Å². The van der Waals surface area contributed by atoms with Crippen molar-refractivity contribution < 1.29 is 9.57 Å². The number of ether oxygens (including phenoxy) is 1. The standard InChI is InChI=1S/C27H19NO2S/c1-4-12-20(13-5-1)25-28-30-27(31-25)24-19-11-10-18-23(24)26(29-27,21-14-6-2-7-15-21)22-16-8-3-9-17-22/h1-19H. The van der Waals surface area contributed by atoms with Crippen molar-refractivity contribution in [3.8, 4) is 0 Å². The molecule has 0 aliphatic carbocycles. The average molecular weight is 422 g/mol. The molecule has 0 fully saturated rings. The van der Waals surface area contributed by atoms with Crippen LogP contribution in [0, 0.1) is 0 Å². The summed E-state index contributed by atoms with van der Waals surface area (Å²) < 4.78 is 7.02. The van der Waals surface area contributed by atoms with Crippen LogP contribution in [-0.4, -0.2) is 5.04 Å². The molecule has 3 nitrogen and oxygen atoms in total. The van der Waals surface area contributed by atoms with Gasteiger partial charge < -0.3 is 9.57 Å². The van der Waals surface area contributed by atoms with E-state index < -0.39 is 10.7 Å². The van der Waals surface area contributed by atoms with Gasteiger partial charge in [0.15, 0.2) is 0 Å². The van der Waals surface area contributed by atoms with Gasteiger partial charge in [0.05, 0.1) is 0 Å². The molecule has 6 rings (SSSR count). The number of benzene rings is 4. The maximum atomic E-state index is 7.02. The van der Waals surface area contributed by atoms with E-state index in [0.29, 0.717) is 0 Å². The first-order valence-corrected chi connectivity index (χ1v) is 11.1. The maximum absolute atomic E-state index is 7.02. The van der Waals surface area contributed by atoms with E-state index in [0.717, 1.165) is 32.9 Å². The molecule has 4 aromatic rings. The van der Waals surface area contributed by atoms with Gasteiger partial charge in [0.1, 0.15) is 10.6 Å². The van der Waals surface area contributed by atoms with Crippen molar-refractivity contribution in [3.63, 3.8) is 0 Å². The molecule has 1 spiro atoms. The fourth-order valence-corrected chi connectivity index (χ4v) is 5.52. The summed E-state index contributed by atoms with van der Waals surface area (Å²) in [7, 11) is 0. The summed E-state index contributed by atoms with van der Waals surface area (Å²) in [6.07, 6.45) is 0. The van der Waals surface area contributed by atoms with Crippen molar-refractivity contribution in [2.75, 3.05) is 0 Å². The van der Waals surface area contributed by atoms with E-state index in [1.165, 1.54) is 11.8 Å². The zero-order valence-electron chi connectivity index (χ0n) is 16.6. The van der Waals surface area contributed by atoms with Gasteiger partial charge in [0.25, 0.3) is 0 Å². The minimum absolute atomic E-state index is 0.798. The Kier molecular flexibility index (Phi) is 4.23. The summed E-state index contributed by atoms with van der Waals surface area (Å²) in [5, 5.41) is 4.21. The number of oxime groups is 1. The number of hydrogen-bond acceptors (Lipinski definition) is 4. The Bertz CT molecular complexity index is 1220. The first kappa shape index (κ1) is 18.4. The molecule has 150 valence electrons. The van der Waals surface area contributed by atoms with Crippen molar-refractivity contribution in [1.82, 2.24) is 0 Å². The van der Waals surface area contributed by atoms with Gasteiger partial charge in [0, 0.05) is 16.7 Å². The van der Waals surface area contributed by atoms with Gasteiger partial charge in [-0.1, -0.05) is 120 Å². The number of thioether (sulfide) groups is 1. The van der Waals surface area contributed by atoms with Gasteiger partial charge in [0.2, 0.25) is 0 Å². The van der Waals surface area contributed by atoms with Crippen molar-refractivity contribution in [1.29, 1.82) is 0 Å². The molecule has 0 saturated carbocycles. The summed E-state index contributed by atoms with van der Waals surface area (Å²) in [6, 6.07) is 39.1. The Labute approximate surface area is 185 Å². The number of fused-ring (bicyclic) bond motifs is 2. The minimum Gasteiger partial charge on any atom is -0.342 e. The van der Waals surface area contributed by atoms with Crippen LogP contribution in [0.1, 0.15) is 27.8 Å². The molecule has 0 N–H and O–H groups in total. The molecule has 0 amide bonds. The highest BCUT2D eigenvalue weighted by Crippen LogP contribution is 2.60. The lowest BCUT2D eigenvalue weighted by Gasteiger charge is -2.33. The second-order valence-corrected chi connectivity index (χ2v) is 8.70. The van der Waals surface area contributed by atoms with Gasteiger partial charge in [-0.2, -0.15) is 0 Å². The van der Waals surface area contributed by atoms with Crippen LogP contribution in [0.15, 0.2) is 120 Å². The first-order valence-electron chi connectivity index (χ1n) is 10.2. The van der Waals surface area contributed by atoms with E-state index in [1.54, 1.807) is 0 Å². The summed E-state index contributed by atoms with van der Waals surface area (Å²) in [6.45, 7) is 0. The van der Waals surface area contributed by atoms with Crippen LogP contribution in [0.25, 0.3) is 0 Å². The molecule has 0 saturated heterocycles. The van der Waals surface area contributed by atoms with Gasteiger partial charge >= 0.3 is 5.12 Å². The molecule has 0 aromatic heterocycles. The third-order valence-corrected chi connectivity index (χ3v) is 6.93. The Morgan fingerprint density at radius 1 is 0.581 bits per heavy atom. The van der Waals surface area contributed by atoms with E-state index in [1.807, 2.05) is 72.8 Å². The predicted molar refractivity (Wildman–Crippen MR) is 124 cm³/mol. The largest absolute Gasteiger partial charge is 0.342 e. The normalized spacial score (nSPS) is 20.8. The lowest BCUT2D eigenvalue weighted by Crippen LogP contribution is -2.33. The van der Waals surface area contributed by atoms with Crippen molar-refractivity contribution >= 4 is 16.8 Å². The van der Waals surface area contributed by atoms with E-state index >= 15 is 0 Å². The topological polar surface area (TPSA) is 30.8 Å². The van der Waals surface area contributed by atoms with E-state index in [4.69, 9.17) is 9.57 Å². The lowest BCUT2D eigenvalue weighted by atomic mass is 9.80. The quantitative estimate of drug-likeness (QED) is 0.392. The molecule has 4 aromatic carbocycles. The second-order valence-electron chi connectivity index (χ2n) is 7.57.